The SMILES string of the molecule is CC(C)[C@H](C(=O)N1CCC2(CC1)Oc1ccc(C#CCCO)cc1O2)c1ccc(Cl)cc1. The van der Waals surface area contributed by atoms with E-state index in [4.69, 9.17) is 26.2 Å². The predicted molar refractivity (Wildman–Crippen MR) is 124 cm³/mol. The lowest BCUT2D eigenvalue weighted by Gasteiger charge is -2.39. The van der Waals surface area contributed by atoms with E-state index in [1.807, 2.05) is 47.4 Å². The lowest BCUT2D eigenvalue weighted by molar-refractivity contribution is -0.148. The minimum atomic E-state index is -0.732. The van der Waals surface area contributed by atoms with Gasteiger partial charge in [0.05, 0.1) is 12.5 Å². The lowest BCUT2D eigenvalue weighted by atomic mass is 9.86. The molecule has 6 heteroatoms. The van der Waals surface area contributed by atoms with E-state index in [1.54, 1.807) is 0 Å². The third-order valence-electron chi connectivity index (χ3n) is 6.00. The summed E-state index contributed by atoms with van der Waals surface area (Å²) in [6.45, 7) is 5.35. The van der Waals surface area contributed by atoms with Crippen LogP contribution in [-0.4, -0.2) is 41.4 Å². The smallest absolute Gasteiger partial charge is 0.255 e. The van der Waals surface area contributed by atoms with E-state index >= 15 is 0 Å². The van der Waals surface area contributed by atoms with Gasteiger partial charge in [-0.3, -0.25) is 4.79 Å². The van der Waals surface area contributed by atoms with Gasteiger partial charge in [0.1, 0.15) is 0 Å². The summed E-state index contributed by atoms with van der Waals surface area (Å²) in [5.41, 5.74) is 1.82. The fourth-order valence-corrected chi connectivity index (χ4v) is 4.47. The summed E-state index contributed by atoms with van der Waals surface area (Å²) in [5, 5.41) is 9.55. The number of piperidine rings is 1. The lowest BCUT2D eigenvalue weighted by Crippen LogP contribution is -2.52. The number of rotatable bonds is 4. The molecule has 1 amide bonds. The summed E-state index contributed by atoms with van der Waals surface area (Å²) < 4.78 is 12.4. The molecule has 1 atom stereocenters. The van der Waals surface area contributed by atoms with E-state index in [2.05, 4.69) is 25.7 Å². The third kappa shape index (κ3) is 4.72. The number of benzene rings is 2. The molecule has 0 aliphatic carbocycles. The minimum absolute atomic E-state index is 0.0472. The number of aliphatic hydroxyl groups is 1. The molecule has 2 aromatic carbocycles. The first-order valence-electron chi connectivity index (χ1n) is 11.1. The van der Waals surface area contributed by atoms with E-state index in [1.165, 1.54) is 0 Å². The Morgan fingerprint density at radius 3 is 2.47 bits per heavy atom. The molecule has 2 aliphatic heterocycles. The van der Waals surface area contributed by atoms with Crippen molar-refractivity contribution in [1.82, 2.24) is 4.90 Å². The maximum absolute atomic E-state index is 13.4. The van der Waals surface area contributed by atoms with Gasteiger partial charge in [0.15, 0.2) is 11.5 Å². The second-order valence-electron chi connectivity index (χ2n) is 8.65. The fourth-order valence-electron chi connectivity index (χ4n) is 4.34. The second kappa shape index (κ2) is 9.44. The summed E-state index contributed by atoms with van der Waals surface area (Å²) in [6.07, 6.45) is 1.64. The largest absolute Gasteiger partial charge is 0.448 e. The summed E-state index contributed by atoms with van der Waals surface area (Å²) in [5.74, 6) is 6.70. The van der Waals surface area contributed by atoms with Crippen LogP contribution in [-0.2, 0) is 4.79 Å². The molecule has 0 unspecified atom stereocenters. The fraction of sp³-hybridized carbons (Fsp3) is 0.423. The zero-order valence-corrected chi connectivity index (χ0v) is 19.2. The van der Waals surface area contributed by atoms with E-state index in [-0.39, 0.29) is 24.3 Å². The third-order valence-corrected chi connectivity index (χ3v) is 6.26. The van der Waals surface area contributed by atoms with Crippen LogP contribution in [0.1, 0.15) is 50.2 Å². The van der Waals surface area contributed by atoms with E-state index < -0.39 is 5.79 Å². The average molecular weight is 454 g/mol. The number of hydrogen-bond acceptors (Lipinski definition) is 4. The van der Waals surface area contributed by atoms with E-state index in [9.17, 15) is 4.79 Å². The van der Waals surface area contributed by atoms with Crippen molar-refractivity contribution in [3.8, 4) is 23.3 Å². The molecule has 32 heavy (non-hydrogen) atoms. The van der Waals surface area contributed by atoms with Gasteiger partial charge in [-0.05, 0) is 41.8 Å². The first kappa shape index (κ1) is 22.5. The molecule has 1 saturated heterocycles. The number of aliphatic hydroxyl groups excluding tert-OH is 1. The van der Waals surface area contributed by atoms with Gasteiger partial charge in [-0.2, -0.15) is 0 Å². The maximum Gasteiger partial charge on any atom is 0.255 e. The van der Waals surface area contributed by atoms with Gasteiger partial charge in [0, 0.05) is 42.9 Å². The summed E-state index contributed by atoms with van der Waals surface area (Å²) in [4.78, 5) is 15.3. The van der Waals surface area contributed by atoms with Crippen molar-refractivity contribution in [2.24, 2.45) is 5.92 Å². The van der Waals surface area contributed by atoms with Crippen LogP contribution in [0.2, 0.25) is 5.02 Å². The predicted octanol–water partition coefficient (Wildman–Crippen LogP) is 4.60. The van der Waals surface area contributed by atoms with Gasteiger partial charge in [-0.25, -0.2) is 0 Å². The first-order chi connectivity index (χ1) is 15.4. The number of likely N-dealkylation sites (tertiary alicyclic amines) is 1. The zero-order valence-electron chi connectivity index (χ0n) is 18.4. The molecule has 0 aromatic heterocycles. The number of amides is 1. The van der Waals surface area contributed by atoms with Crippen molar-refractivity contribution < 1.29 is 19.4 Å². The van der Waals surface area contributed by atoms with Gasteiger partial charge in [0.25, 0.3) is 5.79 Å². The topological polar surface area (TPSA) is 59.0 Å². The zero-order chi connectivity index (χ0) is 22.7. The van der Waals surface area contributed by atoms with Gasteiger partial charge >= 0.3 is 0 Å². The van der Waals surface area contributed by atoms with Crippen molar-refractivity contribution in [2.45, 2.75) is 44.8 Å². The molecular formula is C26H28ClNO4. The van der Waals surface area contributed by atoms with Crippen LogP contribution in [0.25, 0.3) is 0 Å². The van der Waals surface area contributed by atoms with Crippen LogP contribution in [0.5, 0.6) is 11.5 Å². The monoisotopic (exact) mass is 453 g/mol. The summed E-state index contributed by atoms with van der Waals surface area (Å²) in [7, 11) is 0. The Morgan fingerprint density at radius 2 is 1.81 bits per heavy atom. The summed E-state index contributed by atoms with van der Waals surface area (Å²) in [6, 6.07) is 13.2. The highest BCUT2D eigenvalue weighted by molar-refractivity contribution is 6.30. The van der Waals surface area contributed by atoms with Crippen molar-refractivity contribution in [2.75, 3.05) is 19.7 Å². The van der Waals surface area contributed by atoms with Gasteiger partial charge < -0.3 is 19.5 Å². The van der Waals surface area contributed by atoms with E-state index in [0.29, 0.717) is 48.9 Å². The Hall–Kier alpha value is -2.68. The molecule has 1 spiro atoms. The van der Waals surface area contributed by atoms with E-state index in [0.717, 1.165) is 11.1 Å². The van der Waals surface area contributed by atoms with Gasteiger partial charge in [-0.15, -0.1) is 0 Å². The molecule has 0 saturated carbocycles. The number of carbonyl (C=O) groups excluding carboxylic acids is 1. The van der Waals surface area contributed by atoms with Crippen LogP contribution in [0.3, 0.4) is 0 Å². The Kier molecular flexibility index (Phi) is 6.64. The molecule has 2 aromatic rings. The van der Waals surface area contributed by atoms with Crippen molar-refractivity contribution in [1.29, 1.82) is 0 Å². The molecule has 1 fully saturated rings. The maximum atomic E-state index is 13.4. The highest BCUT2D eigenvalue weighted by Gasteiger charge is 2.46. The number of halogens is 1. The van der Waals surface area contributed by atoms with Gasteiger partial charge in [-0.1, -0.05) is 49.4 Å². The van der Waals surface area contributed by atoms with Crippen LogP contribution < -0.4 is 9.47 Å². The number of carbonyl (C=O) groups is 1. The normalized spacial score (nSPS) is 17.2. The molecular weight excluding hydrogens is 426 g/mol. The number of ether oxygens (including phenoxy) is 2. The van der Waals surface area contributed by atoms with Crippen molar-refractivity contribution >= 4 is 17.5 Å². The minimum Gasteiger partial charge on any atom is -0.448 e. The standard InChI is InChI=1S/C26H28ClNO4/c1-18(2)24(20-7-9-21(27)10-8-20)25(30)28-14-12-26(13-15-28)31-22-11-6-19(5-3-4-16-29)17-23(22)32-26/h6-11,17-18,24,29H,4,12-16H2,1-2H3/t24-/m0/s1. The van der Waals surface area contributed by atoms with Crippen LogP contribution in [0.4, 0.5) is 0 Å². The molecule has 0 bridgehead atoms. The van der Waals surface area contributed by atoms with Crippen LogP contribution in [0.15, 0.2) is 42.5 Å². The molecule has 2 heterocycles. The number of nitrogens with zero attached hydrogens (tertiary/aromatic N) is 1. The molecule has 2 aliphatic rings. The highest BCUT2D eigenvalue weighted by atomic mass is 35.5. The Labute approximate surface area is 194 Å². The number of fused-ring (bicyclic) bond motifs is 1. The second-order valence-corrected chi connectivity index (χ2v) is 9.09. The molecule has 4 rings (SSSR count). The average Bonchev–Trinajstić information content (AvgIpc) is 3.12. The molecule has 5 nitrogen and oxygen atoms in total. The Balaban J connectivity index is 1.42. The Morgan fingerprint density at radius 1 is 1.12 bits per heavy atom. The molecule has 1 N–H and O–H groups in total. The van der Waals surface area contributed by atoms with Crippen LogP contribution in [0, 0.1) is 17.8 Å². The first-order valence-corrected chi connectivity index (χ1v) is 11.4. The van der Waals surface area contributed by atoms with Crippen LogP contribution >= 0.6 is 11.6 Å². The van der Waals surface area contributed by atoms with Crippen molar-refractivity contribution in [3.05, 3.63) is 58.6 Å². The molecule has 0 radical (unpaired) electrons. The van der Waals surface area contributed by atoms with Gasteiger partial charge in [0.2, 0.25) is 5.91 Å². The highest BCUT2D eigenvalue weighted by Crippen LogP contribution is 2.44. The Bertz CT molecular complexity index is 1030. The number of hydrogen-bond donors (Lipinski definition) is 1. The van der Waals surface area contributed by atoms with Crippen molar-refractivity contribution in [3.63, 3.8) is 0 Å². The quantitative estimate of drug-likeness (QED) is 0.687. The molecule has 168 valence electrons. The summed E-state index contributed by atoms with van der Waals surface area (Å²) >= 11 is 6.03.